The van der Waals surface area contributed by atoms with Gasteiger partial charge < -0.3 is 15.0 Å². The summed E-state index contributed by atoms with van der Waals surface area (Å²) in [6.07, 6.45) is 8.15. The summed E-state index contributed by atoms with van der Waals surface area (Å²) in [4.78, 5) is 11.2. The third-order valence-electron chi connectivity index (χ3n) is 4.57. The van der Waals surface area contributed by atoms with Gasteiger partial charge in [-0.2, -0.15) is 0 Å². The molecule has 2 fully saturated rings. The Balaban J connectivity index is 1.45. The van der Waals surface area contributed by atoms with Gasteiger partial charge in [-0.15, -0.1) is 0 Å². The number of nitrogens with zero attached hydrogens (tertiary/aromatic N) is 3. The molecule has 2 aliphatic rings. The Hall–Kier alpha value is -1.20. The van der Waals surface area contributed by atoms with Crippen LogP contribution in [0.1, 0.15) is 43.4 Å². The van der Waals surface area contributed by atoms with E-state index in [1.807, 2.05) is 13.1 Å². The summed E-state index contributed by atoms with van der Waals surface area (Å²) in [5.41, 5.74) is 2.19. The van der Waals surface area contributed by atoms with Crippen molar-refractivity contribution in [2.45, 2.75) is 57.7 Å². The molecule has 1 aliphatic carbocycles. The smallest absolute Gasteiger partial charge is 0.316 e. The first-order valence-corrected chi connectivity index (χ1v) is 8.11. The molecule has 0 bridgehead atoms. The molecular weight excluding hydrogens is 264 g/mol. The van der Waals surface area contributed by atoms with Crippen LogP contribution < -0.4 is 10.1 Å². The van der Waals surface area contributed by atoms with Gasteiger partial charge >= 0.3 is 6.01 Å². The fourth-order valence-corrected chi connectivity index (χ4v) is 2.89. The van der Waals surface area contributed by atoms with Crippen LogP contribution in [-0.2, 0) is 6.54 Å². The fraction of sp³-hybridized carbons (Fsp3) is 0.750. The number of aromatic nitrogens is 2. The van der Waals surface area contributed by atoms with Crippen molar-refractivity contribution >= 4 is 0 Å². The maximum Gasteiger partial charge on any atom is 0.316 e. The summed E-state index contributed by atoms with van der Waals surface area (Å²) in [5, 5.41) is 3.49. The highest BCUT2D eigenvalue weighted by Crippen LogP contribution is 2.20. The van der Waals surface area contributed by atoms with Crippen molar-refractivity contribution in [3.8, 4) is 6.01 Å². The summed E-state index contributed by atoms with van der Waals surface area (Å²) in [5.74, 6) is 0. The highest BCUT2D eigenvalue weighted by Gasteiger charge is 2.21. The third-order valence-corrected chi connectivity index (χ3v) is 4.57. The van der Waals surface area contributed by atoms with Crippen molar-refractivity contribution in [3.05, 3.63) is 17.5 Å². The molecule has 0 radical (unpaired) electrons. The Morgan fingerprint density at radius 2 is 2.24 bits per heavy atom. The molecule has 1 unspecified atom stereocenters. The molecule has 5 nitrogen and oxygen atoms in total. The molecule has 116 valence electrons. The Morgan fingerprint density at radius 1 is 1.38 bits per heavy atom. The molecule has 5 heteroatoms. The molecule has 0 spiro atoms. The molecular formula is C16H26N4O. The Bertz CT molecular complexity index is 475. The van der Waals surface area contributed by atoms with Gasteiger partial charge in [0.05, 0.1) is 6.61 Å². The van der Waals surface area contributed by atoms with Crippen LogP contribution in [0.5, 0.6) is 6.01 Å². The van der Waals surface area contributed by atoms with Crippen molar-refractivity contribution in [1.82, 2.24) is 20.2 Å². The lowest BCUT2D eigenvalue weighted by Gasteiger charge is -2.18. The van der Waals surface area contributed by atoms with Crippen LogP contribution in [0.2, 0.25) is 0 Å². The molecule has 0 aromatic carbocycles. The number of aryl methyl sites for hydroxylation is 1. The number of ether oxygens (including phenoxy) is 1. The maximum absolute atomic E-state index is 5.72. The summed E-state index contributed by atoms with van der Waals surface area (Å²) in [7, 11) is 2.19. The normalized spacial score (nSPS) is 22.7. The van der Waals surface area contributed by atoms with E-state index in [9.17, 15) is 0 Å². The first-order valence-electron chi connectivity index (χ1n) is 8.11. The molecule has 1 atom stereocenters. The number of nitrogens with one attached hydrogen (secondary N) is 1. The van der Waals surface area contributed by atoms with E-state index in [1.165, 1.54) is 37.8 Å². The van der Waals surface area contributed by atoms with Crippen LogP contribution in [0.25, 0.3) is 0 Å². The largest absolute Gasteiger partial charge is 0.463 e. The van der Waals surface area contributed by atoms with E-state index in [1.54, 1.807) is 0 Å². The highest BCUT2D eigenvalue weighted by molar-refractivity contribution is 5.18. The van der Waals surface area contributed by atoms with E-state index < -0.39 is 0 Å². The first-order chi connectivity index (χ1) is 10.2. The molecule has 1 saturated heterocycles. The van der Waals surface area contributed by atoms with Crippen LogP contribution in [-0.4, -0.2) is 47.2 Å². The number of hydrogen-bond acceptors (Lipinski definition) is 5. The zero-order valence-electron chi connectivity index (χ0n) is 13.1. The van der Waals surface area contributed by atoms with Crippen LogP contribution in [0, 0.1) is 6.92 Å². The Kier molecular flexibility index (Phi) is 4.70. The Morgan fingerprint density at radius 3 is 2.90 bits per heavy atom. The van der Waals surface area contributed by atoms with Crippen molar-refractivity contribution in [2.75, 3.05) is 20.2 Å². The van der Waals surface area contributed by atoms with Gasteiger partial charge in [0.15, 0.2) is 0 Å². The van der Waals surface area contributed by atoms with Crippen LogP contribution in [0.3, 0.4) is 0 Å². The zero-order chi connectivity index (χ0) is 14.7. The van der Waals surface area contributed by atoms with Gasteiger partial charge in [0.1, 0.15) is 0 Å². The molecule has 1 N–H and O–H groups in total. The lowest BCUT2D eigenvalue weighted by Crippen LogP contribution is -2.26. The molecule has 1 aliphatic heterocycles. The van der Waals surface area contributed by atoms with E-state index in [-0.39, 0.29) is 0 Å². The maximum atomic E-state index is 5.72. The molecule has 0 amide bonds. The second-order valence-electron chi connectivity index (χ2n) is 6.33. The minimum atomic E-state index is 0.517. The van der Waals surface area contributed by atoms with Crippen molar-refractivity contribution in [3.63, 3.8) is 0 Å². The highest BCUT2D eigenvalue weighted by atomic mass is 16.5. The van der Waals surface area contributed by atoms with E-state index in [2.05, 4.69) is 27.2 Å². The van der Waals surface area contributed by atoms with Gasteiger partial charge in [0.25, 0.3) is 0 Å². The third kappa shape index (κ3) is 4.14. The van der Waals surface area contributed by atoms with Gasteiger partial charge in [-0.05, 0) is 52.6 Å². The quantitative estimate of drug-likeness (QED) is 0.831. The summed E-state index contributed by atoms with van der Waals surface area (Å²) in [6.45, 7) is 4.81. The van der Waals surface area contributed by atoms with Gasteiger partial charge in [0.2, 0.25) is 0 Å². The SMILES string of the molecule is Cc1nc(OCCC2CCCN2C)ncc1CNC1CC1. The lowest BCUT2D eigenvalue weighted by molar-refractivity contribution is 0.222. The average Bonchev–Trinajstić information content (AvgIpc) is 3.21. The van der Waals surface area contributed by atoms with Gasteiger partial charge in [-0.1, -0.05) is 0 Å². The molecule has 1 aromatic heterocycles. The van der Waals surface area contributed by atoms with Crippen LogP contribution >= 0.6 is 0 Å². The van der Waals surface area contributed by atoms with E-state index in [4.69, 9.17) is 4.74 Å². The standard InChI is InChI=1S/C16H26N4O/c1-12-13(10-17-14-5-6-14)11-18-16(19-12)21-9-7-15-4-3-8-20(15)2/h11,14-15,17H,3-10H2,1-2H3. The topological polar surface area (TPSA) is 50.3 Å². The predicted octanol–water partition coefficient (Wildman–Crippen LogP) is 1.90. The monoisotopic (exact) mass is 290 g/mol. The molecule has 2 heterocycles. The number of rotatable bonds is 7. The van der Waals surface area contributed by atoms with Crippen molar-refractivity contribution in [1.29, 1.82) is 0 Å². The van der Waals surface area contributed by atoms with Crippen molar-refractivity contribution in [2.24, 2.45) is 0 Å². The van der Waals surface area contributed by atoms with Gasteiger partial charge in [0, 0.05) is 36.1 Å². The minimum Gasteiger partial charge on any atom is -0.463 e. The minimum absolute atomic E-state index is 0.517. The lowest BCUT2D eigenvalue weighted by atomic mass is 10.1. The van der Waals surface area contributed by atoms with Gasteiger partial charge in [-0.25, -0.2) is 9.97 Å². The van der Waals surface area contributed by atoms with Crippen LogP contribution in [0.15, 0.2) is 6.20 Å². The zero-order valence-corrected chi connectivity index (χ0v) is 13.1. The average molecular weight is 290 g/mol. The van der Waals surface area contributed by atoms with E-state index in [0.717, 1.165) is 18.7 Å². The second-order valence-corrected chi connectivity index (χ2v) is 6.33. The number of likely N-dealkylation sites (tertiary alicyclic amines) is 1. The molecule has 21 heavy (non-hydrogen) atoms. The van der Waals surface area contributed by atoms with Crippen molar-refractivity contribution < 1.29 is 4.74 Å². The van der Waals surface area contributed by atoms with E-state index >= 15 is 0 Å². The summed E-state index contributed by atoms with van der Waals surface area (Å²) in [6, 6.07) is 1.89. The second kappa shape index (κ2) is 6.71. The van der Waals surface area contributed by atoms with Crippen LogP contribution in [0.4, 0.5) is 0 Å². The van der Waals surface area contributed by atoms with Gasteiger partial charge in [-0.3, -0.25) is 0 Å². The summed E-state index contributed by atoms with van der Waals surface area (Å²) < 4.78 is 5.72. The Labute approximate surface area is 127 Å². The van der Waals surface area contributed by atoms with E-state index in [0.29, 0.717) is 24.7 Å². The number of hydrogen-bond donors (Lipinski definition) is 1. The first kappa shape index (κ1) is 14.7. The predicted molar refractivity (Wildman–Crippen MR) is 82.4 cm³/mol. The molecule has 1 saturated carbocycles. The molecule has 3 rings (SSSR count). The molecule has 1 aromatic rings. The summed E-state index contributed by atoms with van der Waals surface area (Å²) >= 11 is 0. The fourth-order valence-electron chi connectivity index (χ4n) is 2.89.